The van der Waals surface area contributed by atoms with Crippen molar-refractivity contribution in [3.05, 3.63) is 35.4 Å². The molecule has 0 atom stereocenters. The number of aliphatic hydroxyl groups excluding tert-OH is 1. The van der Waals surface area contributed by atoms with Crippen LogP contribution in [0.3, 0.4) is 0 Å². The quantitative estimate of drug-likeness (QED) is 0.872. The summed E-state index contributed by atoms with van der Waals surface area (Å²) in [5.74, 6) is 0.585. The van der Waals surface area contributed by atoms with Crippen molar-refractivity contribution in [3.8, 4) is 0 Å². The van der Waals surface area contributed by atoms with E-state index in [1.807, 2.05) is 0 Å². The Labute approximate surface area is 140 Å². The molecule has 0 heterocycles. The Balaban J connectivity index is 1.74. The molecule has 1 saturated carbocycles. The van der Waals surface area contributed by atoms with Crippen molar-refractivity contribution in [1.29, 1.82) is 0 Å². The minimum Gasteiger partial charge on any atom is -0.396 e. The van der Waals surface area contributed by atoms with Gasteiger partial charge >= 0.3 is 0 Å². The Hall–Kier alpha value is -1.35. The highest BCUT2D eigenvalue weighted by Crippen LogP contribution is 2.24. The Kier molecular flexibility index (Phi) is 6.23. The van der Waals surface area contributed by atoms with Crippen molar-refractivity contribution in [2.24, 2.45) is 5.92 Å². The van der Waals surface area contributed by atoms with Crippen LogP contribution in [0.25, 0.3) is 0 Å². The minimum absolute atomic E-state index is 0.150. The first-order valence-electron chi connectivity index (χ1n) is 8.88. The van der Waals surface area contributed by atoms with Gasteiger partial charge in [0.25, 0.3) is 0 Å². The first-order chi connectivity index (χ1) is 10.9. The van der Waals surface area contributed by atoms with Gasteiger partial charge in [0.05, 0.1) is 0 Å². The first kappa shape index (κ1) is 18.0. The molecule has 0 radical (unpaired) electrons. The Morgan fingerprint density at radius 3 is 2.26 bits per heavy atom. The standard InChI is InChI=1S/C20H31NO2/c1-20(2,3)17-9-4-15(5-10-17)8-13-19(23)21-18-11-6-16(14-22)7-12-18/h4-5,9-10,16,18,22H,6-8,11-14H2,1-3H3,(H,21,23). The van der Waals surface area contributed by atoms with Crippen LogP contribution in [0.15, 0.2) is 24.3 Å². The second kappa shape index (κ2) is 7.96. The van der Waals surface area contributed by atoms with Gasteiger partial charge in [0, 0.05) is 19.1 Å². The van der Waals surface area contributed by atoms with E-state index in [9.17, 15) is 4.79 Å². The average Bonchev–Trinajstić information content (AvgIpc) is 2.53. The van der Waals surface area contributed by atoms with Gasteiger partial charge in [0.15, 0.2) is 0 Å². The van der Waals surface area contributed by atoms with Crippen LogP contribution in [0.2, 0.25) is 0 Å². The third-order valence-electron chi connectivity index (χ3n) is 4.93. The molecule has 3 heteroatoms. The molecule has 0 spiro atoms. The lowest BCUT2D eigenvalue weighted by molar-refractivity contribution is -0.122. The molecule has 0 aliphatic heterocycles. The molecule has 1 aromatic rings. The number of hydrogen-bond acceptors (Lipinski definition) is 2. The van der Waals surface area contributed by atoms with Crippen molar-refractivity contribution in [2.45, 2.75) is 70.8 Å². The number of carbonyl (C=O) groups is 1. The van der Waals surface area contributed by atoms with E-state index in [0.717, 1.165) is 32.1 Å². The average molecular weight is 317 g/mol. The molecule has 128 valence electrons. The van der Waals surface area contributed by atoms with Crippen LogP contribution >= 0.6 is 0 Å². The van der Waals surface area contributed by atoms with Crippen LogP contribution in [-0.4, -0.2) is 23.7 Å². The van der Waals surface area contributed by atoms with E-state index >= 15 is 0 Å². The van der Waals surface area contributed by atoms with Gasteiger partial charge in [-0.05, 0) is 54.6 Å². The highest BCUT2D eigenvalue weighted by atomic mass is 16.3. The fraction of sp³-hybridized carbons (Fsp3) is 0.650. The molecular formula is C20H31NO2. The molecule has 0 bridgehead atoms. The summed E-state index contributed by atoms with van der Waals surface area (Å²) in [6.07, 6.45) is 5.39. The summed E-state index contributed by atoms with van der Waals surface area (Å²) in [6, 6.07) is 8.92. The molecule has 1 aromatic carbocycles. The fourth-order valence-corrected chi connectivity index (χ4v) is 3.22. The molecule has 0 unspecified atom stereocenters. The second-order valence-corrected chi connectivity index (χ2v) is 7.91. The molecule has 2 rings (SSSR count). The predicted molar refractivity (Wildman–Crippen MR) is 94.4 cm³/mol. The van der Waals surface area contributed by atoms with Crippen LogP contribution < -0.4 is 5.32 Å². The molecule has 1 aliphatic rings. The van der Waals surface area contributed by atoms with Crippen LogP contribution in [0, 0.1) is 5.92 Å². The largest absolute Gasteiger partial charge is 0.396 e. The lowest BCUT2D eigenvalue weighted by Crippen LogP contribution is -2.38. The first-order valence-corrected chi connectivity index (χ1v) is 8.88. The van der Waals surface area contributed by atoms with E-state index < -0.39 is 0 Å². The molecule has 0 aromatic heterocycles. The number of rotatable bonds is 5. The fourth-order valence-electron chi connectivity index (χ4n) is 3.22. The molecular weight excluding hydrogens is 286 g/mol. The van der Waals surface area contributed by atoms with E-state index in [2.05, 4.69) is 50.4 Å². The van der Waals surface area contributed by atoms with Gasteiger partial charge in [0.2, 0.25) is 5.91 Å². The Bertz CT molecular complexity index is 493. The third kappa shape index (κ3) is 5.65. The zero-order valence-electron chi connectivity index (χ0n) is 14.8. The van der Waals surface area contributed by atoms with Crippen LogP contribution in [0.5, 0.6) is 0 Å². The van der Waals surface area contributed by atoms with Crippen molar-refractivity contribution in [1.82, 2.24) is 5.32 Å². The summed E-state index contributed by atoms with van der Waals surface area (Å²) in [6.45, 7) is 6.91. The number of aliphatic hydroxyl groups is 1. The normalized spacial score (nSPS) is 21.9. The summed E-state index contributed by atoms with van der Waals surface area (Å²) >= 11 is 0. The number of hydrogen-bond donors (Lipinski definition) is 2. The van der Waals surface area contributed by atoms with Crippen LogP contribution in [0.1, 0.15) is 64.0 Å². The zero-order valence-corrected chi connectivity index (χ0v) is 14.8. The summed E-state index contributed by atoms with van der Waals surface area (Å²) in [5, 5.41) is 12.3. The Morgan fingerprint density at radius 2 is 1.74 bits per heavy atom. The summed E-state index contributed by atoms with van der Waals surface area (Å²) in [4.78, 5) is 12.1. The van der Waals surface area contributed by atoms with Crippen molar-refractivity contribution < 1.29 is 9.90 Å². The molecule has 23 heavy (non-hydrogen) atoms. The van der Waals surface area contributed by atoms with E-state index in [1.54, 1.807) is 0 Å². The molecule has 1 aliphatic carbocycles. The number of amides is 1. The van der Waals surface area contributed by atoms with Crippen molar-refractivity contribution >= 4 is 5.91 Å². The van der Waals surface area contributed by atoms with Crippen molar-refractivity contribution in [3.63, 3.8) is 0 Å². The van der Waals surface area contributed by atoms with Gasteiger partial charge in [-0.25, -0.2) is 0 Å². The van der Waals surface area contributed by atoms with E-state index in [4.69, 9.17) is 5.11 Å². The SMILES string of the molecule is CC(C)(C)c1ccc(CCC(=O)NC2CCC(CO)CC2)cc1. The maximum absolute atomic E-state index is 12.1. The molecule has 0 saturated heterocycles. The van der Waals surface area contributed by atoms with Gasteiger partial charge in [-0.1, -0.05) is 45.0 Å². The maximum atomic E-state index is 12.1. The number of nitrogens with one attached hydrogen (secondary N) is 1. The lowest BCUT2D eigenvalue weighted by Gasteiger charge is -2.28. The topological polar surface area (TPSA) is 49.3 Å². The van der Waals surface area contributed by atoms with Gasteiger partial charge in [0.1, 0.15) is 0 Å². The number of benzene rings is 1. The smallest absolute Gasteiger partial charge is 0.220 e. The highest BCUT2D eigenvalue weighted by Gasteiger charge is 2.21. The summed E-state index contributed by atoms with van der Waals surface area (Å²) < 4.78 is 0. The zero-order chi connectivity index (χ0) is 16.9. The molecule has 1 fully saturated rings. The molecule has 3 nitrogen and oxygen atoms in total. The van der Waals surface area contributed by atoms with Gasteiger partial charge in [-0.15, -0.1) is 0 Å². The van der Waals surface area contributed by atoms with Gasteiger partial charge in [-0.3, -0.25) is 4.79 Å². The summed E-state index contributed by atoms with van der Waals surface area (Å²) in [7, 11) is 0. The van der Waals surface area contributed by atoms with Gasteiger partial charge < -0.3 is 10.4 Å². The van der Waals surface area contributed by atoms with Crippen LogP contribution in [-0.2, 0) is 16.6 Å². The minimum atomic E-state index is 0.150. The van der Waals surface area contributed by atoms with E-state index in [0.29, 0.717) is 18.4 Å². The Morgan fingerprint density at radius 1 is 1.13 bits per heavy atom. The number of carbonyl (C=O) groups excluding carboxylic acids is 1. The molecule has 1 amide bonds. The predicted octanol–water partition coefficient (Wildman–Crippen LogP) is 3.58. The van der Waals surface area contributed by atoms with Crippen molar-refractivity contribution in [2.75, 3.05) is 6.61 Å². The molecule has 2 N–H and O–H groups in total. The summed E-state index contributed by atoms with van der Waals surface area (Å²) in [5.41, 5.74) is 2.71. The lowest BCUT2D eigenvalue weighted by atomic mass is 9.86. The monoisotopic (exact) mass is 317 g/mol. The highest BCUT2D eigenvalue weighted by molar-refractivity contribution is 5.76. The number of aryl methyl sites for hydroxylation is 1. The van der Waals surface area contributed by atoms with Gasteiger partial charge in [-0.2, -0.15) is 0 Å². The van der Waals surface area contributed by atoms with Crippen LogP contribution in [0.4, 0.5) is 0 Å². The second-order valence-electron chi connectivity index (χ2n) is 7.91. The third-order valence-corrected chi connectivity index (χ3v) is 4.93. The van der Waals surface area contributed by atoms with E-state index in [1.165, 1.54) is 11.1 Å². The van der Waals surface area contributed by atoms with E-state index in [-0.39, 0.29) is 17.9 Å². The maximum Gasteiger partial charge on any atom is 0.220 e.